The van der Waals surface area contributed by atoms with E-state index in [4.69, 9.17) is 16.3 Å². The van der Waals surface area contributed by atoms with Gasteiger partial charge in [-0.1, -0.05) is 17.7 Å². The second-order valence-electron chi connectivity index (χ2n) is 5.08. The third-order valence-electron chi connectivity index (χ3n) is 3.18. The van der Waals surface area contributed by atoms with Gasteiger partial charge in [-0.3, -0.25) is 19.7 Å². The molecule has 0 saturated carbocycles. The van der Waals surface area contributed by atoms with Crippen molar-refractivity contribution in [3.63, 3.8) is 0 Å². The fraction of sp³-hybridized carbons (Fsp3) is 0.118. The first-order valence-corrected chi connectivity index (χ1v) is 8.09. The average molecular weight is 391 g/mol. The van der Waals surface area contributed by atoms with Crippen molar-refractivity contribution in [3.8, 4) is 5.75 Å². The molecule has 2 aromatic rings. The van der Waals surface area contributed by atoms with Gasteiger partial charge in [0.05, 0.1) is 17.7 Å². The summed E-state index contributed by atoms with van der Waals surface area (Å²) in [6.45, 7) is 2.37. The summed E-state index contributed by atoms with van der Waals surface area (Å²) >= 11 is 5.70. The molecule has 0 aliphatic heterocycles. The van der Waals surface area contributed by atoms with Crippen LogP contribution in [0.5, 0.6) is 5.75 Å². The average Bonchev–Trinajstić information content (AvgIpc) is 2.64. The fourth-order valence-electron chi connectivity index (χ4n) is 1.96. The molecule has 10 heteroatoms. The smallest absolute Gasteiger partial charge is 0.329 e. The molecular weight excluding hydrogens is 376 g/mol. The maximum absolute atomic E-state index is 11.8. The van der Waals surface area contributed by atoms with E-state index in [1.807, 2.05) is 12.3 Å². The second-order valence-corrected chi connectivity index (χ2v) is 5.49. The molecule has 2 aromatic carbocycles. The first-order valence-electron chi connectivity index (χ1n) is 7.72. The van der Waals surface area contributed by atoms with Crippen molar-refractivity contribution >= 4 is 41.0 Å². The second kappa shape index (κ2) is 9.30. The number of rotatable bonds is 6. The molecule has 0 bridgehead atoms. The van der Waals surface area contributed by atoms with Gasteiger partial charge in [-0.05, 0) is 37.3 Å². The zero-order valence-corrected chi connectivity index (χ0v) is 14.9. The molecule has 2 rings (SSSR count). The molecule has 0 spiro atoms. The number of amides is 2. The Labute approximate surface area is 159 Å². The third kappa shape index (κ3) is 5.79. The number of benzene rings is 2. The molecule has 0 fully saturated rings. The molecule has 0 aliphatic rings. The predicted molar refractivity (Wildman–Crippen MR) is 100 cm³/mol. The zero-order chi connectivity index (χ0) is 19.8. The van der Waals surface area contributed by atoms with Crippen molar-refractivity contribution in [3.05, 3.63) is 63.2 Å². The van der Waals surface area contributed by atoms with Gasteiger partial charge in [0, 0.05) is 17.3 Å². The van der Waals surface area contributed by atoms with Crippen LogP contribution in [0, 0.1) is 10.1 Å². The Hall–Kier alpha value is -3.46. The fourth-order valence-corrected chi connectivity index (χ4v) is 2.14. The molecule has 0 unspecified atom stereocenters. The van der Waals surface area contributed by atoms with Crippen LogP contribution in [0.4, 0.5) is 11.4 Å². The number of nitro groups is 1. The van der Waals surface area contributed by atoms with Crippen molar-refractivity contribution in [2.75, 3.05) is 11.9 Å². The number of anilines is 1. The van der Waals surface area contributed by atoms with Crippen LogP contribution < -0.4 is 15.5 Å². The van der Waals surface area contributed by atoms with Gasteiger partial charge in [-0.25, -0.2) is 5.43 Å². The number of hydrazone groups is 1. The van der Waals surface area contributed by atoms with Crippen LogP contribution in [0.1, 0.15) is 12.5 Å². The highest BCUT2D eigenvalue weighted by atomic mass is 35.5. The van der Waals surface area contributed by atoms with E-state index in [1.54, 1.807) is 24.3 Å². The van der Waals surface area contributed by atoms with E-state index in [-0.39, 0.29) is 10.7 Å². The number of nitro benzene ring substituents is 1. The number of ether oxygens (including phenoxy) is 1. The Morgan fingerprint density at radius 1 is 1.22 bits per heavy atom. The number of carbonyl (C=O) groups excluding carboxylic acids is 2. The van der Waals surface area contributed by atoms with Gasteiger partial charge >= 0.3 is 11.8 Å². The lowest BCUT2D eigenvalue weighted by molar-refractivity contribution is -0.384. The minimum atomic E-state index is -0.997. The Kier molecular flexibility index (Phi) is 6.84. The molecule has 2 amide bonds. The summed E-state index contributed by atoms with van der Waals surface area (Å²) in [7, 11) is 0. The highest BCUT2D eigenvalue weighted by molar-refractivity contribution is 6.39. The van der Waals surface area contributed by atoms with E-state index in [0.29, 0.717) is 23.6 Å². The minimum Gasteiger partial charge on any atom is -0.494 e. The first-order chi connectivity index (χ1) is 12.9. The van der Waals surface area contributed by atoms with E-state index >= 15 is 0 Å². The maximum Gasteiger partial charge on any atom is 0.329 e. The Morgan fingerprint density at radius 3 is 2.56 bits per heavy atom. The minimum absolute atomic E-state index is 0.0177. The number of nitrogens with one attached hydrogen (secondary N) is 2. The van der Waals surface area contributed by atoms with E-state index in [2.05, 4.69) is 10.4 Å². The first kappa shape index (κ1) is 19.9. The van der Waals surface area contributed by atoms with Gasteiger partial charge in [-0.2, -0.15) is 5.10 Å². The van der Waals surface area contributed by atoms with Crippen LogP contribution in [0.15, 0.2) is 47.6 Å². The highest BCUT2D eigenvalue weighted by Crippen LogP contribution is 2.24. The zero-order valence-electron chi connectivity index (χ0n) is 14.1. The summed E-state index contributed by atoms with van der Waals surface area (Å²) in [4.78, 5) is 33.7. The monoisotopic (exact) mass is 390 g/mol. The number of nitrogens with zero attached hydrogens (tertiary/aromatic N) is 2. The van der Waals surface area contributed by atoms with Crippen LogP contribution >= 0.6 is 11.6 Å². The van der Waals surface area contributed by atoms with Gasteiger partial charge in [0.15, 0.2) is 0 Å². The molecule has 27 heavy (non-hydrogen) atoms. The molecule has 9 nitrogen and oxygen atoms in total. The summed E-state index contributed by atoms with van der Waals surface area (Å²) < 4.78 is 5.28. The van der Waals surface area contributed by atoms with Gasteiger partial charge < -0.3 is 10.1 Å². The molecule has 0 aliphatic carbocycles. The van der Waals surface area contributed by atoms with Crippen LogP contribution in [0.25, 0.3) is 0 Å². The molecule has 140 valence electrons. The topological polar surface area (TPSA) is 123 Å². The van der Waals surface area contributed by atoms with Crippen molar-refractivity contribution in [2.24, 2.45) is 5.10 Å². The normalized spacial score (nSPS) is 10.4. The van der Waals surface area contributed by atoms with Gasteiger partial charge in [-0.15, -0.1) is 0 Å². The van der Waals surface area contributed by atoms with Crippen LogP contribution in [0.3, 0.4) is 0 Å². The molecule has 0 atom stereocenters. The number of hydrogen-bond acceptors (Lipinski definition) is 6. The van der Waals surface area contributed by atoms with E-state index in [1.165, 1.54) is 18.2 Å². The van der Waals surface area contributed by atoms with Crippen LogP contribution in [-0.4, -0.2) is 29.6 Å². The number of halogens is 1. The van der Waals surface area contributed by atoms with E-state index in [9.17, 15) is 19.7 Å². The molecule has 0 heterocycles. The standard InChI is InChI=1S/C17H15ClN4O5/c1-2-27-13-6-4-12(5-7-13)20-16(23)17(24)21-19-10-11-3-8-14(18)15(9-11)22(25)26/h3-10H,2H2,1H3,(H,20,23)(H,21,24). The van der Waals surface area contributed by atoms with E-state index < -0.39 is 16.7 Å². The molecule has 0 aromatic heterocycles. The Morgan fingerprint density at radius 2 is 1.93 bits per heavy atom. The summed E-state index contributed by atoms with van der Waals surface area (Å²) in [5, 5.41) is 16.8. The quantitative estimate of drug-likeness (QED) is 0.340. The molecule has 0 radical (unpaired) electrons. The van der Waals surface area contributed by atoms with Crippen LogP contribution in [0.2, 0.25) is 5.02 Å². The maximum atomic E-state index is 11.8. The van der Waals surface area contributed by atoms with E-state index in [0.717, 1.165) is 6.21 Å². The predicted octanol–water partition coefficient (Wildman–Crippen LogP) is 2.74. The molecule has 2 N–H and O–H groups in total. The number of carbonyl (C=O) groups is 2. The summed E-state index contributed by atoms with van der Waals surface area (Å²) in [6, 6.07) is 10.5. The van der Waals surface area contributed by atoms with Crippen molar-refractivity contribution < 1.29 is 19.2 Å². The summed E-state index contributed by atoms with van der Waals surface area (Å²) in [5.41, 5.74) is 2.49. The van der Waals surface area contributed by atoms with Gasteiger partial charge in [0.25, 0.3) is 5.69 Å². The van der Waals surface area contributed by atoms with Gasteiger partial charge in [0.1, 0.15) is 10.8 Å². The lowest BCUT2D eigenvalue weighted by atomic mass is 10.2. The van der Waals surface area contributed by atoms with Crippen LogP contribution in [-0.2, 0) is 9.59 Å². The lowest BCUT2D eigenvalue weighted by Gasteiger charge is -2.06. The summed E-state index contributed by atoms with van der Waals surface area (Å²) in [5.74, 6) is -1.27. The Bertz CT molecular complexity index is 883. The largest absolute Gasteiger partial charge is 0.494 e. The molecule has 0 saturated heterocycles. The van der Waals surface area contributed by atoms with Gasteiger partial charge in [0.2, 0.25) is 0 Å². The SMILES string of the molecule is CCOc1ccc(NC(=O)C(=O)NN=Cc2ccc(Cl)c([N+](=O)[O-])c2)cc1. The van der Waals surface area contributed by atoms with Crippen molar-refractivity contribution in [2.45, 2.75) is 6.92 Å². The number of hydrogen-bond donors (Lipinski definition) is 2. The molecular formula is C17H15ClN4O5. The van der Waals surface area contributed by atoms with Crippen molar-refractivity contribution in [1.82, 2.24) is 5.43 Å². The Balaban J connectivity index is 1.92. The lowest BCUT2D eigenvalue weighted by Crippen LogP contribution is -2.32. The highest BCUT2D eigenvalue weighted by Gasteiger charge is 2.14. The van der Waals surface area contributed by atoms with Crippen molar-refractivity contribution in [1.29, 1.82) is 0 Å². The summed E-state index contributed by atoms with van der Waals surface area (Å²) in [6.07, 6.45) is 1.16. The third-order valence-corrected chi connectivity index (χ3v) is 3.50.